The summed E-state index contributed by atoms with van der Waals surface area (Å²) in [5.74, 6) is 1.07. The Labute approximate surface area is 230 Å². The standard InChI is InChI=1S/C32H35ClN4O/c1-21(38)34-27-14-16-37(17-15-27)32-28-20-26(33)12-13-30(28)36(2)31(24-8-5-9-24)29(35-32)19-22-10-11-23-6-3-4-7-25(23)18-22/h3-4,6-7,10-13,18,20,27,29H,5,8-9,14-17,19H2,1-2H3,(H,34,38). The Morgan fingerprint density at radius 3 is 2.50 bits per heavy atom. The highest BCUT2D eigenvalue weighted by Gasteiger charge is 2.33. The number of nitrogens with one attached hydrogen (secondary N) is 1. The Balaban J connectivity index is 1.42. The maximum atomic E-state index is 11.6. The Kier molecular flexibility index (Phi) is 6.87. The number of hydrogen-bond donors (Lipinski definition) is 1. The van der Waals surface area contributed by atoms with Gasteiger partial charge in [-0.2, -0.15) is 0 Å². The number of piperidine rings is 1. The highest BCUT2D eigenvalue weighted by Crippen LogP contribution is 2.40. The molecule has 0 radical (unpaired) electrons. The van der Waals surface area contributed by atoms with Crippen molar-refractivity contribution in [2.75, 3.05) is 25.0 Å². The summed E-state index contributed by atoms with van der Waals surface area (Å²) in [4.78, 5) is 22.0. The molecule has 196 valence electrons. The number of allylic oxidation sites excluding steroid dienone is 1. The van der Waals surface area contributed by atoms with Gasteiger partial charge in [0.2, 0.25) is 5.91 Å². The van der Waals surface area contributed by atoms with Crippen LogP contribution in [0.1, 0.15) is 50.2 Å². The minimum Gasteiger partial charge on any atom is -0.356 e. The zero-order valence-electron chi connectivity index (χ0n) is 22.2. The van der Waals surface area contributed by atoms with Gasteiger partial charge in [0.05, 0.1) is 11.7 Å². The Hall–Kier alpha value is -3.31. The van der Waals surface area contributed by atoms with Crippen molar-refractivity contribution < 1.29 is 4.79 Å². The van der Waals surface area contributed by atoms with Gasteiger partial charge in [0, 0.05) is 55.8 Å². The summed E-state index contributed by atoms with van der Waals surface area (Å²) in [5.41, 5.74) is 6.42. The second-order valence-electron chi connectivity index (χ2n) is 10.9. The van der Waals surface area contributed by atoms with E-state index in [0.29, 0.717) is 0 Å². The second-order valence-corrected chi connectivity index (χ2v) is 11.3. The lowest BCUT2D eigenvalue weighted by molar-refractivity contribution is -0.119. The fourth-order valence-electron chi connectivity index (χ4n) is 6.20. The number of benzodiazepines with no additional fused rings is 1. The van der Waals surface area contributed by atoms with Crippen molar-refractivity contribution in [1.29, 1.82) is 0 Å². The van der Waals surface area contributed by atoms with Gasteiger partial charge in [-0.15, -0.1) is 0 Å². The van der Waals surface area contributed by atoms with Crippen molar-refractivity contribution in [3.63, 3.8) is 0 Å². The van der Waals surface area contributed by atoms with Crippen molar-refractivity contribution in [1.82, 2.24) is 10.2 Å². The van der Waals surface area contributed by atoms with Crippen LogP contribution in [-0.4, -0.2) is 48.9 Å². The molecule has 1 N–H and O–H groups in total. The third kappa shape index (κ3) is 4.92. The fraction of sp³-hybridized carbons (Fsp3) is 0.375. The van der Waals surface area contributed by atoms with E-state index in [0.717, 1.165) is 67.3 Å². The molecule has 1 saturated heterocycles. The molecule has 2 fully saturated rings. The Morgan fingerprint density at radius 2 is 1.79 bits per heavy atom. The van der Waals surface area contributed by atoms with Gasteiger partial charge in [0.15, 0.2) is 0 Å². The number of amidine groups is 1. The van der Waals surface area contributed by atoms with Gasteiger partial charge < -0.3 is 15.1 Å². The van der Waals surface area contributed by atoms with Crippen LogP contribution in [-0.2, 0) is 11.2 Å². The number of anilines is 1. The van der Waals surface area contributed by atoms with Crippen molar-refractivity contribution >= 4 is 39.8 Å². The minimum atomic E-state index is 0.0192. The van der Waals surface area contributed by atoms with E-state index < -0.39 is 0 Å². The number of likely N-dealkylation sites (N-methyl/N-ethyl adjacent to an activating group) is 1. The first-order valence-corrected chi connectivity index (χ1v) is 14.2. The van der Waals surface area contributed by atoms with Crippen molar-refractivity contribution in [3.05, 3.63) is 88.1 Å². The maximum Gasteiger partial charge on any atom is 0.217 e. The molecule has 5 nitrogen and oxygen atoms in total. The van der Waals surface area contributed by atoms with Crippen LogP contribution in [0.2, 0.25) is 5.02 Å². The first-order chi connectivity index (χ1) is 18.5. The second kappa shape index (κ2) is 10.5. The predicted octanol–water partition coefficient (Wildman–Crippen LogP) is 6.34. The van der Waals surface area contributed by atoms with Gasteiger partial charge in [-0.05, 0) is 72.2 Å². The topological polar surface area (TPSA) is 47.9 Å². The van der Waals surface area contributed by atoms with Gasteiger partial charge in [0.25, 0.3) is 0 Å². The molecular weight excluding hydrogens is 492 g/mol. The highest BCUT2D eigenvalue weighted by atomic mass is 35.5. The molecule has 0 bridgehead atoms. The van der Waals surface area contributed by atoms with Gasteiger partial charge in [-0.1, -0.05) is 54.1 Å². The van der Waals surface area contributed by atoms with Gasteiger partial charge >= 0.3 is 0 Å². The number of amides is 1. The molecule has 38 heavy (non-hydrogen) atoms. The molecular formula is C32H35ClN4O. The number of benzene rings is 3. The summed E-state index contributed by atoms with van der Waals surface area (Å²) in [7, 11) is 2.20. The monoisotopic (exact) mass is 526 g/mol. The lowest BCUT2D eigenvalue weighted by atomic mass is 9.86. The summed E-state index contributed by atoms with van der Waals surface area (Å²) >= 11 is 6.57. The lowest BCUT2D eigenvalue weighted by Gasteiger charge is -2.35. The third-order valence-corrected chi connectivity index (χ3v) is 8.52. The molecule has 0 spiro atoms. The maximum absolute atomic E-state index is 11.6. The van der Waals surface area contributed by atoms with Gasteiger partial charge in [0.1, 0.15) is 5.84 Å². The zero-order chi connectivity index (χ0) is 26.2. The molecule has 1 atom stereocenters. The molecule has 2 heterocycles. The first-order valence-electron chi connectivity index (χ1n) is 13.8. The summed E-state index contributed by atoms with van der Waals surface area (Å²) in [6.07, 6.45) is 6.20. The van der Waals surface area contributed by atoms with Crippen LogP contribution < -0.4 is 10.2 Å². The number of carbonyl (C=O) groups excluding carboxylic acids is 1. The third-order valence-electron chi connectivity index (χ3n) is 8.28. The normalized spacial score (nSPS) is 20.1. The number of rotatable bonds is 3. The quantitative estimate of drug-likeness (QED) is 0.433. The Morgan fingerprint density at radius 1 is 1.03 bits per heavy atom. The van der Waals surface area contributed by atoms with E-state index in [9.17, 15) is 4.79 Å². The first kappa shape index (κ1) is 25.0. The van der Waals surface area contributed by atoms with E-state index in [-0.39, 0.29) is 18.0 Å². The van der Waals surface area contributed by atoms with Crippen LogP contribution in [0.4, 0.5) is 5.69 Å². The lowest BCUT2D eigenvalue weighted by Crippen LogP contribution is -2.46. The van der Waals surface area contributed by atoms with E-state index in [1.165, 1.54) is 34.0 Å². The van der Waals surface area contributed by atoms with Gasteiger partial charge in [-0.25, -0.2) is 0 Å². The van der Waals surface area contributed by atoms with Crippen molar-refractivity contribution in [2.45, 2.75) is 57.5 Å². The largest absolute Gasteiger partial charge is 0.356 e. The van der Waals surface area contributed by atoms with Crippen LogP contribution >= 0.6 is 11.6 Å². The minimum absolute atomic E-state index is 0.0192. The number of likely N-dealkylation sites (tertiary alicyclic amines) is 1. The molecule has 6 heteroatoms. The summed E-state index contributed by atoms with van der Waals surface area (Å²) in [6, 6.07) is 21.8. The molecule has 6 rings (SSSR count). The SMILES string of the molecule is CC(=O)NC1CCN(C2=NC(Cc3ccc4ccccc4c3)C(=C3CCC3)N(C)c3ccc(Cl)cc32)CC1. The Bertz CT molecular complexity index is 1430. The number of aliphatic imine (C=N–C) groups is 1. The van der Waals surface area contributed by atoms with Crippen LogP contribution in [0.25, 0.3) is 10.8 Å². The molecule has 1 unspecified atom stereocenters. The van der Waals surface area contributed by atoms with Crippen molar-refractivity contribution in [3.8, 4) is 0 Å². The van der Waals surface area contributed by atoms with E-state index in [1.807, 2.05) is 6.07 Å². The molecule has 1 amide bonds. The molecule has 2 aliphatic heterocycles. The van der Waals surface area contributed by atoms with E-state index in [4.69, 9.17) is 16.6 Å². The molecule has 0 aromatic heterocycles. The number of halogens is 1. The van der Waals surface area contributed by atoms with Crippen LogP contribution in [0, 0.1) is 0 Å². The van der Waals surface area contributed by atoms with E-state index in [2.05, 4.69) is 76.8 Å². The molecule has 3 aromatic carbocycles. The van der Waals surface area contributed by atoms with E-state index >= 15 is 0 Å². The molecule has 1 saturated carbocycles. The number of fused-ring (bicyclic) bond motifs is 2. The average Bonchev–Trinajstić information content (AvgIpc) is 2.98. The molecule has 3 aromatic rings. The van der Waals surface area contributed by atoms with Crippen LogP contribution in [0.15, 0.2) is 76.9 Å². The molecule has 3 aliphatic rings. The number of hydrogen-bond acceptors (Lipinski definition) is 4. The predicted molar refractivity (Wildman–Crippen MR) is 157 cm³/mol. The zero-order valence-corrected chi connectivity index (χ0v) is 23.0. The fourth-order valence-corrected chi connectivity index (χ4v) is 6.37. The van der Waals surface area contributed by atoms with Crippen LogP contribution in [0.5, 0.6) is 0 Å². The highest BCUT2D eigenvalue weighted by molar-refractivity contribution is 6.31. The van der Waals surface area contributed by atoms with Crippen molar-refractivity contribution in [2.24, 2.45) is 4.99 Å². The molecule has 1 aliphatic carbocycles. The summed E-state index contributed by atoms with van der Waals surface area (Å²) < 4.78 is 0. The average molecular weight is 527 g/mol. The smallest absolute Gasteiger partial charge is 0.217 e. The number of nitrogens with zero attached hydrogens (tertiary/aromatic N) is 3. The summed E-state index contributed by atoms with van der Waals surface area (Å²) in [6.45, 7) is 3.31. The van der Waals surface area contributed by atoms with Crippen LogP contribution in [0.3, 0.4) is 0 Å². The van der Waals surface area contributed by atoms with E-state index in [1.54, 1.807) is 6.92 Å². The van der Waals surface area contributed by atoms with Gasteiger partial charge in [-0.3, -0.25) is 9.79 Å². The summed E-state index contributed by atoms with van der Waals surface area (Å²) in [5, 5.41) is 6.36. The number of carbonyl (C=O) groups is 1.